The molecule has 1 amide bonds. The molecule has 0 unspecified atom stereocenters. The molecule has 0 atom stereocenters. The summed E-state index contributed by atoms with van der Waals surface area (Å²) >= 11 is 1.51. The van der Waals surface area contributed by atoms with Gasteiger partial charge in [-0.05, 0) is 50.2 Å². The Kier molecular flexibility index (Phi) is 7.06. The van der Waals surface area contributed by atoms with E-state index < -0.39 is 0 Å². The van der Waals surface area contributed by atoms with Gasteiger partial charge in [-0.25, -0.2) is 4.98 Å². The Morgan fingerprint density at radius 2 is 2.00 bits per heavy atom. The quantitative estimate of drug-likeness (QED) is 0.751. The van der Waals surface area contributed by atoms with Gasteiger partial charge in [-0.15, -0.1) is 11.3 Å². The van der Waals surface area contributed by atoms with Crippen LogP contribution in [0, 0.1) is 0 Å². The van der Waals surface area contributed by atoms with Crippen molar-refractivity contribution in [3.05, 3.63) is 35.3 Å². The predicted molar refractivity (Wildman–Crippen MR) is 110 cm³/mol. The number of hydrogen-bond acceptors (Lipinski definition) is 6. The van der Waals surface area contributed by atoms with Crippen LogP contribution in [0.2, 0.25) is 0 Å². The van der Waals surface area contributed by atoms with Gasteiger partial charge in [-0.3, -0.25) is 4.79 Å². The summed E-state index contributed by atoms with van der Waals surface area (Å²) in [6.07, 6.45) is 4.24. The normalized spacial score (nSPS) is 14.7. The molecule has 0 radical (unpaired) electrons. The number of methoxy groups -OCH3 is 1. The lowest BCUT2D eigenvalue weighted by Gasteiger charge is -2.28. The van der Waals surface area contributed by atoms with Crippen molar-refractivity contribution in [2.45, 2.75) is 25.7 Å². The van der Waals surface area contributed by atoms with Crippen molar-refractivity contribution >= 4 is 28.1 Å². The van der Waals surface area contributed by atoms with Crippen molar-refractivity contribution in [3.8, 4) is 5.75 Å². The van der Waals surface area contributed by atoms with Crippen molar-refractivity contribution in [2.24, 2.45) is 0 Å². The second-order valence-electron chi connectivity index (χ2n) is 6.89. The molecule has 1 aromatic carbocycles. The van der Waals surface area contributed by atoms with E-state index in [0.29, 0.717) is 6.42 Å². The molecule has 1 saturated heterocycles. The lowest BCUT2D eigenvalue weighted by molar-refractivity contribution is -0.129. The third kappa shape index (κ3) is 5.94. The van der Waals surface area contributed by atoms with Gasteiger partial charge in [0.2, 0.25) is 5.91 Å². The van der Waals surface area contributed by atoms with Crippen molar-refractivity contribution < 1.29 is 9.53 Å². The van der Waals surface area contributed by atoms with E-state index in [1.165, 1.54) is 30.6 Å². The Balaban J connectivity index is 1.46. The summed E-state index contributed by atoms with van der Waals surface area (Å²) in [5.41, 5.74) is 1.76. The molecular weight excluding hydrogens is 360 g/mol. The van der Waals surface area contributed by atoms with Crippen LogP contribution in [0.3, 0.4) is 0 Å². The fourth-order valence-electron chi connectivity index (χ4n) is 3.13. The number of piperidine rings is 1. The summed E-state index contributed by atoms with van der Waals surface area (Å²) in [4.78, 5) is 21.3. The summed E-state index contributed by atoms with van der Waals surface area (Å²) in [6, 6.07) is 7.69. The highest BCUT2D eigenvalue weighted by molar-refractivity contribution is 7.13. The highest BCUT2D eigenvalue weighted by atomic mass is 32.1. The van der Waals surface area contributed by atoms with Crippen LogP contribution in [-0.2, 0) is 11.2 Å². The Labute approximate surface area is 165 Å². The lowest BCUT2D eigenvalue weighted by atomic mass is 10.1. The lowest BCUT2D eigenvalue weighted by Crippen LogP contribution is -2.39. The van der Waals surface area contributed by atoms with Gasteiger partial charge in [0.15, 0.2) is 5.13 Å². The molecule has 0 saturated carbocycles. The zero-order valence-corrected chi connectivity index (χ0v) is 16.9. The number of nitrogens with one attached hydrogen (secondary N) is 1. The fraction of sp³-hybridized carbons (Fsp3) is 0.500. The summed E-state index contributed by atoms with van der Waals surface area (Å²) in [6.45, 7) is 4.06. The zero-order chi connectivity index (χ0) is 19.1. The fourth-order valence-corrected chi connectivity index (χ4v) is 3.86. The third-order valence-corrected chi connectivity index (χ3v) is 5.66. The first-order chi connectivity index (χ1) is 13.1. The monoisotopic (exact) mass is 388 g/mol. The number of rotatable bonds is 8. The molecule has 1 aliphatic heterocycles. The summed E-state index contributed by atoms with van der Waals surface area (Å²) in [5.74, 6) is 0.937. The number of ether oxygens (including phenoxy) is 1. The number of thiazole rings is 1. The molecule has 1 aliphatic rings. The van der Waals surface area contributed by atoms with Gasteiger partial charge in [0.1, 0.15) is 5.75 Å². The number of aromatic nitrogens is 1. The first-order valence-electron chi connectivity index (χ1n) is 9.46. The molecule has 6 nitrogen and oxygen atoms in total. The second kappa shape index (κ2) is 9.71. The van der Waals surface area contributed by atoms with E-state index in [2.05, 4.69) is 15.2 Å². The number of nitrogens with zero attached hydrogens (tertiary/aromatic N) is 3. The molecule has 0 aliphatic carbocycles. The number of likely N-dealkylation sites (tertiary alicyclic amines) is 1. The molecule has 1 fully saturated rings. The maximum atomic E-state index is 12.5. The summed E-state index contributed by atoms with van der Waals surface area (Å²) in [7, 11) is 3.53. The maximum Gasteiger partial charge on any atom is 0.228 e. The first-order valence-corrected chi connectivity index (χ1v) is 10.3. The number of carbonyl (C=O) groups excluding carboxylic acids is 1. The van der Waals surface area contributed by atoms with Gasteiger partial charge < -0.3 is 19.9 Å². The van der Waals surface area contributed by atoms with Crippen molar-refractivity contribution in [1.82, 2.24) is 14.8 Å². The van der Waals surface area contributed by atoms with E-state index in [4.69, 9.17) is 4.74 Å². The second-order valence-corrected chi connectivity index (χ2v) is 7.75. The molecule has 1 N–H and O–H groups in total. The number of hydrogen-bond donors (Lipinski definition) is 1. The van der Waals surface area contributed by atoms with Crippen LogP contribution in [0.4, 0.5) is 10.8 Å². The highest BCUT2D eigenvalue weighted by Gasteiger charge is 2.15. The molecule has 0 bridgehead atoms. The van der Waals surface area contributed by atoms with E-state index >= 15 is 0 Å². The van der Waals surface area contributed by atoms with Crippen LogP contribution in [0.15, 0.2) is 29.6 Å². The third-order valence-electron chi connectivity index (χ3n) is 4.85. The number of carbonyl (C=O) groups is 1. The first kappa shape index (κ1) is 19.6. The summed E-state index contributed by atoms with van der Waals surface area (Å²) in [5, 5.41) is 6.00. The molecule has 1 aromatic heterocycles. The van der Waals surface area contributed by atoms with Crippen molar-refractivity contribution in [1.29, 1.82) is 0 Å². The highest BCUT2D eigenvalue weighted by Crippen LogP contribution is 2.23. The van der Waals surface area contributed by atoms with Gasteiger partial charge in [-0.1, -0.05) is 6.42 Å². The van der Waals surface area contributed by atoms with Crippen LogP contribution in [-0.4, -0.2) is 61.0 Å². The van der Waals surface area contributed by atoms with E-state index in [9.17, 15) is 4.79 Å². The Morgan fingerprint density at radius 1 is 1.26 bits per heavy atom. The zero-order valence-electron chi connectivity index (χ0n) is 16.1. The SMILES string of the molecule is COc1ccc(Nc2nc(CC(=O)N(C)CCN3CCCCC3)cs2)cc1. The number of likely N-dealkylation sites (N-methyl/N-ethyl adjacent to an activating group) is 1. The standard InChI is InChI=1S/C20H28N4O2S/c1-23(12-13-24-10-4-3-5-11-24)19(25)14-17-15-27-20(22-17)21-16-6-8-18(26-2)9-7-16/h6-9,15H,3-5,10-14H2,1-2H3,(H,21,22). The van der Waals surface area contributed by atoms with Gasteiger partial charge in [0.05, 0.1) is 19.2 Å². The number of amides is 1. The Morgan fingerprint density at radius 3 is 2.70 bits per heavy atom. The van der Waals surface area contributed by atoms with Gasteiger partial charge in [-0.2, -0.15) is 0 Å². The molecule has 7 heteroatoms. The van der Waals surface area contributed by atoms with Gasteiger partial charge in [0.25, 0.3) is 0 Å². The Hall–Kier alpha value is -2.12. The smallest absolute Gasteiger partial charge is 0.228 e. The van der Waals surface area contributed by atoms with Crippen molar-refractivity contribution in [2.75, 3.05) is 45.7 Å². The minimum atomic E-state index is 0.119. The van der Waals surface area contributed by atoms with Crippen molar-refractivity contribution in [3.63, 3.8) is 0 Å². The van der Waals surface area contributed by atoms with Gasteiger partial charge >= 0.3 is 0 Å². The maximum absolute atomic E-state index is 12.5. The molecule has 0 spiro atoms. The van der Waals surface area contributed by atoms with Crippen LogP contribution in [0.5, 0.6) is 5.75 Å². The largest absolute Gasteiger partial charge is 0.497 e. The Bertz CT molecular complexity index is 726. The van der Waals surface area contributed by atoms with Crippen LogP contribution < -0.4 is 10.1 Å². The molecule has 146 valence electrons. The summed E-state index contributed by atoms with van der Waals surface area (Å²) < 4.78 is 5.16. The van der Waals surface area contributed by atoms with Crippen LogP contribution >= 0.6 is 11.3 Å². The molecule has 3 rings (SSSR count). The van der Waals surface area contributed by atoms with E-state index in [1.54, 1.807) is 7.11 Å². The molecule has 2 heterocycles. The number of benzene rings is 1. The van der Waals surface area contributed by atoms with E-state index in [1.807, 2.05) is 41.6 Å². The minimum absolute atomic E-state index is 0.119. The van der Waals surface area contributed by atoms with E-state index in [0.717, 1.165) is 48.4 Å². The molecule has 2 aromatic rings. The predicted octanol–water partition coefficient (Wildman–Crippen LogP) is 3.38. The van der Waals surface area contributed by atoms with Crippen LogP contribution in [0.25, 0.3) is 0 Å². The minimum Gasteiger partial charge on any atom is -0.497 e. The molecular formula is C20H28N4O2S. The molecule has 27 heavy (non-hydrogen) atoms. The van der Waals surface area contributed by atoms with E-state index in [-0.39, 0.29) is 5.91 Å². The topological polar surface area (TPSA) is 57.7 Å². The average Bonchev–Trinajstić information content (AvgIpc) is 3.14. The number of anilines is 2. The van der Waals surface area contributed by atoms with Crippen LogP contribution in [0.1, 0.15) is 25.0 Å². The average molecular weight is 389 g/mol. The van der Waals surface area contributed by atoms with Gasteiger partial charge in [0, 0.05) is 31.2 Å².